The second-order valence-corrected chi connectivity index (χ2v) is 7.33. The number of nitrogens with one attached hydrogen (secondary N) is 1. The first kappa shape index (κ1) is 22.6. The molecule has 0 bridgehead atoms. The van der Waals surface area contributed by atoms with Crippen LogP contribution in [0.3, 0.4) is 0 Å². The standard InChI is InChI=1S/C22H24FN3O4S/c1-29-13-3-12-25-19(14-20(27)24-16-6-10-18(30-2)11-7-16)21(28)26(22(25)31)17-8-4-15(23)5-9-17/h4-11,19H,3,12-14H2,1-2H3,(H,24,27)/t19-/m0/s1. The molecule has 1 saturated heterocycles. The SMILES string of the molecule is COCCCN1C(=S)N(c2ccc(F)cc2)C(=O)[C@@H]1CC(=O)Nc1ccc(OC)cc1. The van der Waals surface area contributed by atoms with E-state index in [0.29, 0.717) is 36.7 Å². The first-order valence-electron chi connectivity index (χ1n) is 9.77. The summed E-state index contributed by atoms with van der Waals surface area (Å²) in [5.74, 6) is -0.370. The number of methoxy groups -OCH3 is 2. The fourth-order valence-electron chi connectivity index (χ4n) is 3.36. The van der Waals surface area contributed by atoms with Crippen LogP contribution in [0.5, 0.6) is 5.75 Å². The Hall–Kier alpha value is -3.04. The number of hydrogen-bond acceptors (Lipinski definition) is 5. The number of carbonyl (C=O) groups excluding carboxylic acids is 2. The first-order chi connectivity index (χ1) is 14.9. The van der Waals surface area contributed by atoms with Gasteiger partial charge < -0.3 is 19.7 Å². The van der Waals surface area contributed by atoms with Crippen LogP contribution in [0.25, 0.3) is 0 Å². The molecule has 0 aliphatic carbocycles. The van der Waals surface area contributed by atoms with Crippen molar-refractivity contribution in [3.63, 3.8) is 0 Å². The van der Waals surface area contributed by atoms with Crippen molar-refractivity contribution >= 4 is 40.5 Å². The van der Waals surface area contributed by atoms with E-state index in [-0.39, 0.29) is 23.3 Å². The quantitative estimate of drug-likeness (QED) is 0.472. The van der Waals surface area contributed by atoms with Crippen molar-refractivity contribution in [3.8, 4) is 5.75 Å². The van der Waals surface area contributed by atoms with Crippen molar-refractivity contribution in [1.29, 1.82) is 0 Å². The Kier molecular flexibility index (Phi) is 7.54. The van der Waals surface area contributed by atoms with E-state index in [9.17, 15) is 14.0 Å². The summed E-state index contributed by atoms with van der Waals surface area (Å²) in [5, 5.41) is 3.08. The van der Waals surface area contributed by atoms with Gasteiger partial charge in [-0.2, -0.15) is 0 Å². The third kappa shape index (κ3) is 5.36. The van der Waals surface area contributed by atoms with Gasteiger partial charge in [-0.3, -0.25) is 14.5 Å². The molecular formula is C22H24FN3O4S. The molecule has 1 aliphatic rings. The molecule has 2 aromatic rings. The first-order valence-corrected chi connectivity index (χ1v) is 10.2. The van der Waals surface area contributed by atoms with Gasteiger partial charge in [0.15, 0.2) is 5.11 Å². The van der Waals surface area contributed by atoms with Crippen LogP contribution in [0, 0.1) is 5.82 Å². The Labute approximate surface area is 185 Å². The van der Waals surface area contributed by atoms with Crippen molar-refractivity contribution in [2.45, 2.75) is 18.9 Å². The van der Waals surface area contributed by atoms with Crippen LogP contribution in [0.1, 0.15) is 12.8 Å². The molecule has 0 radical (unpaired) electrons. The largest absolute Gasteiger partial charge is 0.497 e. The normalized spacial score (nSPS) is 16.0. The lowest BCUT2D eigenvalue weighted by molar-refractivity contribution is -0.124. The Bertz CT molecular complexity index is 937. The van der Waals surface area contributed by atoms with Crippen LogP contribution in [0.4, 0.5) is 15.8 Å². The number of amides is 2. The second-order valence-electron chi connectivity index (χ2n) is 6.97. The number of thiocarbonyl (C=S) groups is 1. The number of rotatable bonds is 9. The highest BCUT2D eigenvalue weighted by molar-refractivity contribution is 7.80. The minimum Gasteiger partial charge on any atom is -0.497 e. The molecule has 2 amide bonds. The molecule has 3 rings (SSSR count). The van der Waals surface area contributed by atoms with E-state index < -0.39 is 11.9 Å². The van der Waals surface area contributed by atoms with Crippen molar-refractivity contribution < 1.29 is 23.5 Å². The number of anilines is 2. The third-order valence-corrected chi connectivity index (χ3v) is 5.32. The van der Waals surface area contributed by atoms with Gasteiger partial charge in [0.2, 0.25) is 5.91 Å². The Morgan fingerprint density at radius 3 is 2.42 bits per heavy atom. The topological polar surface area (TPSA) is 71.1 Å². The molecule has 1 atom stereocenters. The van der Waals surface area contributed by atoms with E-state index in [1.165, 1.54) is 29.2 Å². The van der Waals surface area contributed by atoms with E-state index >= 15 is 0 Å². The molecule has 31 heavy (non-hydrogen) atoms. The molecule has 0 unspecified atom stereocenters. The minimum absolute atomic E-state index is 0.0737. The van der Waals surface area contributed by atoms with E-state index in [1.54, 1.807) is 43.4 Å². The van der Waals surface area contributed by atoms with Crippen molar-refractivity contribution in [1.82, 2.24) is 4.90 Å². The van der Waals surface area contributed by atoms with Gasteiger partial charge in [0.05, 0.1) is 19.2 Å². The number of halogens is 1. The molecule has 1 fully saturated rings. The van der Waals surface area contributed by atoms with E-state index in [0.717, 1.165) is 0 Å². The minimum atomic E-state index is -0.757. The highest BCUT2D eigenvalue weighted by Gasteiger charge is 2.43. The maximum absolute atomic E-state index is 13.3. The molecule has 164 valence electrons. The van der Waals surface area contributed by atoms with Crippen LogP contribution in [0.15, 0.2) is 48.5 Å². The molecule has 7 nitrogen and oxygen atoms in total. The van der Waals surface area contributed by atoms with E-state index in [1.807, 2.05) is 0 Å². The lowest BCUT2D eigenvalue weighted by atomic mass is 10.1. The maximum atomic E-state index is 13.3. The number of ether oxygens (including phenoxy) is 2. The lowest BCUT2D eigenvalue weighted by Gasteiger charge is -2.23. The molecule has 0 saturated carbocycles. The van der Waals surface area contributed by atoms with Gasteiger partial charge in [-0.1, -0.05) is 0 Å². The van der Waals surface area contributed by atoms with Gasteiger partial charge >= 0.3 is 0 Å². The zero-order chi connectivity index (χ0) is 22.4. The second kappa shape index (κ2) is 10.3. The number of carbonyl (C=O) groups is 2. The van der Waals surface area contributed by atoms with Gasteiger partial charge in [0.1, 0.15) is 17.6 Å². The summed E-state index contributed by atoms with van der Waals surface area (Å²) in [6, 6.07) is 11.7. The molecule has 1 aliphatic heterocycles. The fraction of sp³-hybridized carbons (Fsp3) is 0.318. The highest BCUT2D eigenvalue weighted by atomic mass is 32.1. The van der Waals surface area contributed by atoms with E-state index in [2.05, 4.69) is 5.32 Å². The van der Waals surface area contributed by atoms with Crippen molar-refractivity contribution in [3.05, 3.63) is 54.3 Å². The summed E-state index contributed by atoms with van der Waals surface area (Å²) >= 11 is 5.54. The summed E-state index contributed by atoms with van der Waals surface area (Å²) in [4.78, 5) is 29.0. The number of benzene rings is 2. The van der Waals surface area contributed by atoms with Crippen LogP contribution in [0.2, 0.25) is 0 Å². The average molecular weight is 446 g/mol. The van der Waals surface area contributed by atoms with Gasteiger partial charge in [-0.25, -0.2) is 4.39 Å². The predicted molar refractivity (Wildman–Crippen MR) is 120 cm³/mol. The zero-order valence-electron chi connectivity index (χ0n) is 17.3. The summed E-state index contributed by atoms with van der Waals surface area (Å²) < 4.78 is 23.5. The third-order valence-electron chi connectivity index (χ3n) is 4.90. The van der Waals surface area contributed by atoms with Gasteiger partial charge in [0.25, 0.3) is 5.91 Å². The number of hydrogen-bond donors (Lipinski definition) is 1. The van der Waals surface area contributed by atoms with Crippen LogP contribution in [-0.2, 0) is 14.3 Å². The predicted octanol–water partition coefficient (Wildman–Crippen LogP) is 3.20. The summed E-state index contributed by atoms with van der Waals surface area (Å²) in [5.41, 5.74) is 1.06. The lowest BCUT2D eigenvalue weighted by Crippen LogP contribution is -2.38. The summed E-state index contributed by atoms with van der Waals surface area (Å²) in [6.45, 7) is 0.950. The molecule has 9 heteroatoms. The van der Waals surface area contributed by atoms with Crippen molar-refractivity contribution in [2.24, 2.45) is 0 Å². The molecule has 2 aromatic carbocycles. The van der Waals surface area contributed by atoms with E-state index in [4.69, 9.17) is 21.7 Å². The Morgan fingerprint density at radius 1 is 1.13 bits per heavy atom. The molecular weight excluding hydrogens is 421 g/mol. The van der Waals surface area contributed by atoms with Gasteiger partial charge in [-0.15, -0.1) is 0 Å². The van der Waals surface area contributed by atoms with Crippen LogP contribution in [-0.4, -0.2) is 55.2 Å². The number of nitrogens with zero attached hydrogens (tertiary/aromatic N) is 2. The van der Waals surface area contributed by atoms with Crippen LogP contribution < -0.4 is 15.0 Å². The van der Waals surface area contributed by atoms with Gasteiger partial charge in [-0.05, 0) is 67.2 Å². The Morgan fingerprint density at radius 2 is 1.81 bits per heavy atom. The molecule has 0 aromatic heterocycles. The highest BCUT2D eigenvalue weighted by Crippen LogP contribution is 2.28. The summed E-state index contributed by atoms with van der Waals surface area (Å²) in [6.07, 6.45) is 0.563. The Balaban J connectivity index is 1.76. The smallest absolute Gasteiger partial charge is 0.256 e. The fourth-order valence-corrected chi connectivity index (χ4v) is 3.77. The average Bonchev–Trinajstić information content (AvgIpc) is 2.99. The van der Waals surface area contributed by atoms with Gasteiger partial charge in [0, 0.05) is 25.9 Å². The molecule has 1 heterocycles. The molecule has 1 N–H and O–H groups in total. The monoisotopic (exact) mass is 445 g/mol. The van der Waals surface area contributed by atoms with Crippen LogP contribution >= 0.6 is 12.2 Å². The molecule has 0 spiro atoms. The zero-order valence-corrected chi connectivity index (χ0v) is 18.2. The maximum Gasteiger partial charge on any atom is 0.256 e. The summed E-state index contributed by atoms with van der Waals surface area (Å²) in [7, 11) is 3.16. The van der Waals surface area contributed by atoms with Crippen molar-refractivity contribution in [2.75, 3.05) is 37.6 Å².